The molecular formula is C14H8F6O3S3. The van der Waals surface area contributed by atoms with Crippen molar-refractivity contribution in [1.82, 2.24) is 0 Å². The average Bonchev–Trinajstić information content (AvgIpc) is 2.48. The van der Waals surface area contributed by atoms with Crippen LogP contribution in [0.25, 0.3) is 0 Å². The van der Waals surface area contributed by atoms with Crippen LogP contribution in [0.1, 0.15) is 0 Å². The molecule has 0 spiro atoms. The van der Waals surface area contributed by atoms with E-state index in [2.05, 4.69) is 0 Å². The van der Waals surface area contributed by atoms with E-state index in [9.17, 15) is 34.8 Å². The minimum atomic E-state index is -6.41. The maximum atomic E-state index is 13.9. The Labute approximate surface area is 152 Å². The molecule has 0 heterocycles. The zero-order chi connectivity index (χ0) is 19.8. The Balaban J connectivity index is 2.25. The number of thioether (sulfide) groups is 1. The molecule has 0 unspecified atom stereocenters. The lowest BCUT2D eigenvalue weighted by atomic mass is 10.3. The van der Waals surface area contributed by atoms with Crippen LogP contribution in [0.5, 0.6) is 0 Å². The molecule has 0 aliphatic rings. The SMILES string of the molecule is O=S(=O)(O)C(F)(F)C(F)(F)Sc1ccc(Sc2cccc(F)c2)cc1F. The second-order valence-corrected chi connectivity index (χ2v) is 8.53. The van der Waals surface area contributed by atoms with Gasteiger partial charge in [-0.2, -0.15) is 26.0 Å². The van der Waals surface area contributed by atoms with Gasteiger partial charge in [0.2, 0.25) is 0 Å². The number of halogens is 6. The molecule has 3 nitrogen and oxygen atoms in total. The van der Waals surface area contributed by atoms with Gasteiger partial charge in [0.05, 0.1) is 0 Å². The second kappa shape index (κ2) is 7.33. The van der Waals surface area contributed by atoms with Crippen LogP contribution in [0.2, 0.25) is 0 Å². The Morgan fingerprint density at radius 2 is 1.54 bits per heavy atom. The lowest BCUT2D eigenvalue weighted by Gasteiger charge is -2.23. The summed E-state index contributed by atoms with van der Waals surface area (Å²) in [5.41, 5.74) is 0. The summed E-state index contributed by atoms with van der Waals surface area (Å²) in [7, 11) is -6.41. The fraction of sp³-hybridized carbons (Fsp3) is 0.143. The van der Waals surface area contributed by atoms with Crippen molar-refractivity contribution in [3.8, 4) is 0 Å². The molecule has 0 fully saturated rings. The maximum Gasteiger partial charge on any atom is 0.442 e. The van der Waals surface area contributed by atoms with E-state index >= 15 is 0 Å². The summed E-state index contributed by atoms with van der Waals surface area (Å²) >= 11 is -0.151. The van der Waals surface area contributed by atoms with Gasteiger partial charge in [-0.3, -0.25) is 4.55 Å². The highest BCUT2D eigenvalue weighted by Gasteiger charge is 2.66. The van der Waals surface area contributed by atoms with Crippen LogP contribution in [0.15, 0.2) is 57.2 Å². The highest BCUT2D eigenvalue weighted by Crippen LogP contribution is 2.49. The molecule has 1 N–H and O–H groups in total. The Morgan fingerprint density at radius 1 is 0.923 bits per heavy atom. The van der Waals surface area contributed by atoms with E-state index in [4.69, 9.17) is 4.55 Å². The zero-order valence-corrected chi connectivity index (χ0v) is 14.7. The van der Waals surface area contributed by atoms with Gasteiger partial charge in [0, 0.05) is 14.7 Å². The van der Waals surface area contributed by atoms with E-state index in [0.717, 1.165) is 36.0 Å². The smallest absolute Gasteiger partial charge is 0.281 e. The minimum Gasteiger partial charge on any atom is -0.281 e. The van der Waals surface area contributed by atoms with Gasteiger partial charge in [-0.1, -0.05) is 17.8 Å². The van der Waals surface area contributed by atoms with Crippen LogP contribution in [0, 0.1) is 11.6 Å². The molecule has 0 bridgehead atoms. The van der Waals surface area contributed by atoms with Crippen LogP contribution in [-0.2, 0) is 10.1 Å². The first-order valence-electron chi connectivity index (χ1n) is 6.48. The molecule has 26 heavy (non-hydrogen) atoms. The number of alkyl halides is 4. The van der Waals surface area contributed by atoms with Gasteiger partial charge >= 0.3 is 20.6 Å². The largest absolute Gasteiger partial charge is 0.442 e. The van der Waals surface area contributed by atoms with Crippen LogP contribution < -0.4 is 0 Å². The summed E-state index contributed by atoms with van der Waals surface area (Å²) in [5.74, 6) is -1.86. The zero-order valence-electron chi connectivity index (χ0n) is 12.3. The van der Waals surface area contributed by atoms with Gasteiger partial charge in [0.15, 0.2) is 0 Å². The summed E-state index contributed by atoms with van der Waals surface area (Å²) in [4.78, 5) is -0.405. The molecule has 0 amide bonds. The van der Waals surface area contributed by atoms with Crippen molar-refractivity contribution >= 4 is 33.6 Å². The highest BCUT2D eigenvalue weighted by molar-refractivity contribution is 8.01. The molecule has 2 rings (SSSR count). The Bertz CT molecular complexity index is 918. The van der Waals surface area contributed by atoms with Crippen LogP contribution in [-0.4, -0.2) is 23.5 Å². The van der Waals surface area contributed by atoms with Crippen molar-refractivity contribution in [2.45, 2.75) is 25.2 Å². The van der Waals surface area contributed by atoms with Crippen molar-refractivity contribution in [3.05, 3.63) is 54.1 Å². The molecule has 0 atom stereocenters. The van der Waals surface area contributed by atoms with E-state index in [0.29, 0.717) is 4.90 Å². The Morgan fingerprint density at radius 3 is 2.08 bits per heavy atom. The second-order valence-electron chi connectivity index (χ2n) is 4.76. The number of benzene rings is 2. The summed E-state index contributed by atoms with van der Waals surface area (Å²) in [5, 5.41) is -11.1. The first kappa shape index (κ1) is 20.9. The summed E-state index contributed by atoms with van der Waals surface area (Å²) < 4.78 is 110. The summed E-state index contributed by atoms with van der Waals surface area (Å²) in [6, 6.07) is 7.84. The fourth-order valence-electron chi connectivity index (χ4n) is 1.64. The number of rotatable bonds is 6. The Kier molecular flexibility index (Phi) is 5.90. The molecule has 0 aliphatic heterocycles. The monoisotopic (exact) mass is 434 g/mol. The minimum absolute atomic E-state index is 0.169. The molecule has 0 saturated heterocycles. The van der Waals surface area contributed by atoms with E-state index in [-0.39, 0.29) is 4.90 Å². The lowest BCUT2D eigenvalue weighted by Crippen LogP contribution is -2.44. The Hall–Kier alpha value is -1.37. The first-order valence-corrected chi connectivity index (χ1v) is 9.55. The topological polar surface area (TPSA) is 54.4 Å². The molecule has 0 aromatic heterocycles. The third kappa shape index (κ3) is 4.48. The summed E-state index contributed by atoms with van der Waals surface area (Å²) in [6.07, 6.45) is 0. The van der Waals surface area contributed by atoms with Crippen molar-refractivity contribution in [3.63, 3.8) is 0 Å². The third-order valence-electron chi connectivity index (χ3n) is 2.84. The van der Waals surface area contributed by atoms with Crippen molar-refractivity contribution in [2.75, 3.05) is 0 Å². The van der Waals surface area contributed by atoms with Gasteiger partial charge in [-0.05, 0) is 48.2 Å². The number of hydrogen-bond acceptors (Lipinski definition) is 4. The third-order valence-corrected chi connectivity index (χ3v) is 5.91. The van der Waals surface area contributed by atoms with Gasteiger partial charge in [0.1, 0.15) is 11.6 Å². The quantitative estimate of drug-likeness (QED) is 0.381. The summed E-state index contributed by atoms with van der Waals surface area (Å²) in [6.45, 7) is 0. The molecule has 142 valence electrons. The fourth-order valence-corrected chi connectivity index (χ4v) is 3.96. The van der Waals surface area contributed by atoms with E-state index in [1.807, 2.05) is 0 Å². The van der Waals surface area contributed by atoms with Crippen LogP contribution in [0.4, 0.5) is 26.3 Å². The molecule has 2 aromatic rings. The lowest BCUT2D eigenvalue weighted by molar-refractivity contribution is -0.0947. The number of hydrogen-bond donors (Lipinski definition) is 1. The van der Waals surface area contributed by atoms with Crippen molar-refractivity contribution in [1.29, 1.82) is 0 Å². The van der Waals surface area contributed by atoms with Crippen LogP contribution in [0.3, 0.4) is 0 Å². The predicted octanol–water partition coefficient (Wildman–Crippen LogP) is 5.28. The molecule has 12 heteroatoms. The normalized spacial score (nSPS) is 13.0. The molecule has 2 aromatic carbocycles. The molecule has 0 saturated carbocycles. The van der Waals surface area contributed by atoms with Crippen molar-refractivity contribution in [2.24, 2.45) is 0 Å². The van der Waals surface area contributed by atoms with Crippen molar-refractivity contribution < 1.29 is 39.3 Å². The van der Waals surface area contributed by atoms with Gasteiger partial charge < -0.3 is 0 Å². The van der Waals surface area contributed by atoms with E-state index in [1.54, 1.807) is 0 Å². The average molecular weight is 434 g/mol. The molecule has 0 aliphatic carbocycles. The standard InChI is InChI=1S/C14H8F6O3S3/c15-8-2-1-3-9(6-8)24-10-4-5-12(11(16)7-10)25-13(17,18)14(19,20)26(21,22)23/h1-7H,(H,21,22,23). The van der Waals surface area contributed by atoms with Crippen LogP contribution >= 0.6 is 23.5 Å². The molecular weight excluding hydrogens is 426 g/mol. The van der Waals surface area contributed by atoms with E-state index in [1.165, 1.54) is 18.2 Å². The van der Waals surface area contributed by atoms with E-state index < -0.39 is 48.9 Å². The predicted molar refractivity (Wildman–Crippen MR) is 84.2 cm³/mol. The maximum absolute atomic E-state index is 13.9. The van der Waals surface area contributed by atoms with Gasteiger partial charge in [-0.15, -0.1) is 0 Å². The van der Waals surface area contributed by atoms with Gasteiger partial charge in [0.25, 0.3) is 0 Å². The van der Waals surface area contributed by atoms with Gasteiger partial charge in [-0.25, -0.2) is 8.78 Å². The highest BCUT2D eigenvalue weighted by atomic mass is 32.2. The molecule has 0 radical (unpaired) electrons. The first-order chi connectivity index (χ1) is 11.8.